The highest BCUT2D eigenvalue weighted by atomic mass is 16.1. The van der Waals surface area contributed by atoms with Gasteiger partial charge in [0.25, 0.3) is 5.91 Å². The molecular weight excluding hydrogens is 284 g/mol. The summed E-state index contributed by atoms with van der Waals surface area (Å²) in [6.45, 7) is 3.98. The summed E-state index contributed by atoms with van der Waals surface area (Å²) in [7, 11) is 0. The zero-order valence-electron chi connectivity index (χ0n) is 13.2. The third kappa shape index (κ3) is 3.64. The van der Waals surface area contributed by atoms with Gasteiger partial charge in [-0.05, 0) is 49.2 Å². The molecule has 0 atom stereocenters. The quantitative estimate of drug-likeness (QED) is 0.767. The molecule has 0 aliphatic carbocycles. The first-order valence-corrected chi connectivity index (χ1v) is 7.53. The van der Waals surface area contributed by atoms with Crippen molar-refractivity contribution < 1.29 is 4.79 Å². The van der Waals surface area contributed by atoms with E-state index in [0.717, 1.165) is 16.8 Å². The van der Waals surface area contributed by atoms with Gasteiger partial charge in [-0.2, -0.15) is 0 Å². The summed E-state index contributed by atoms with van der Waals surface area (Å²) >= 11 is 0. The second-order valence-electron chi connectivity index (χ2n) is 5.59. The molecule has 3 nitrogen and oxygen atoms in total. The number of benzene rings is 2. The van der Waals surface area contributed by atoms with Gasteiger partial charge in [0.2, 0.25) is 0 Å². The first kappa shape index (κ1) is 15.0. The van der Waals surface area contributed by atoms with Crippen LogP contribution in [0.4, 0.5) is 5.69 Å². The van der Waals surface area contributed by atoms with Gasteiger partial charge in [0.15, 0.2) is 0 Å². The molecule has 1 aromatic heterocycles. The molecule has 2 aromatic carbocycles. The fourth-order valence-electron chi connectivity index (χ4n) is 2.31. The smallest absolute Gasteiger partial charge is 0.255 e. The first-order chi connectivity index (χ1) is 11.1. The largest absolute Gasteiger partial charge is 0.321 e. The molecular formula is C20H18N2O. The van der Waals surface area contributed by atoms with Crippen LogP contribution in [0, 0.1) is 13.8 Å². The maximum atomic E-state index is 12.3. The van der Waals surface area contributed by atoms with Crippen LogP contribution in [0.3, 0.4) is 0 Å². The number of hydrogen-bond acceptors (Lipinski definition) is 2. The second-order valence-corrected chi connectivity index (χ2v) is 5.59. The van der Waals surface area contributed by atoms with Crippen molar-refractivity contribution in [2.75, 3.05) is 5.32 Å². The van der Waals surface area contributed by atoms with E-state index < -0.39 is 0 Å². The lowest BCUT2D eigenvalue weighted by molar-refractivity contribution is 0.102. The minimum atomic E-state index is -0.133. The summed E-state index contributed by atoms with van der Waals surface area (Å²) in [5.41, 5.74) is 5.72. The molecule has 1 heterocycles. The zero-order valence-corrected chi connectivity index (χ0v) is 13.2. The van der Waals surface area contributed by atoms with E-state index >= 15 is 0 Å². The molecule has 1 amide bonds. The fraction of sp³-hybridized carbons (Fsp3) is 0.100. The molecule has 0 saturated heterocycles. The van der Waals surface area contributed by atoms with Crippen LogP contribution in [0.15, 0.2) is 66.9 Å². The number of carbonyl (C=O) groups excluding carboxylic acids is 1. The van der Waals surface area contributed by atoms with Gasteiger partial charge in [-0.1, -0.05) is 42.0 Å². The van der Waals surface area contributed by atoms with Crippen LogP contribution in [0.1, 0.15) is 21.6 Å². The van der Waals surface area contributed by atoms with E-state index in [1.807, 2.05) is 43.3 Å². The van der Waals surface area contributed by atoms with Gasteiger partial charge in [0, 0.05) is 11.3 Å². The summed E-state index contributed by atoms with van der Waals surface area (Å²) in [6, 6.07) is 19.7. The Labute approximate surface area is 136 Å². The van der Waals surface area contributed by atoms with Gasteiger partial charge in [-0.15, -0.1) is 0 Å². The number of aryl methyl sites for hydroxylation is 2. The van der Waals surface area contributed by atoms with Crippen LogP contribution in [0.25, 0.3) is 11.1 Å². The Morgan fingerprint density at radius 2 is 1.43 bits per heavy atom. The fourth-order valence-corrected chi connectivity index (χ4v) is 2.31. The number of pyridine rings is 1. The molecule has 1 N–H and O–H groups in total. The van der Waals surface area contributed by atoms with Crippen LogP contribution in [-0.2, 0) is 0 Å². The number of hydrogen-bond donors (Lipinski definition) is 1. The van der Waals surface area contributed by atoms with Crippen LogP contribution in [0.2, 0.25) is 0 Å². The third-order valence-electron chi connectivity index (χ3n) is 3.70. The SMILES string of the molecule is Cc1ccc(-c2ccc(C(=O)Nc3ccc(C)nc3)cc2)cc1. The van der Waals surface area contributed by atoms with Crippen LogP contribution >= 0.6 is 0 Å². The van der Waals surface area contributed by atoms with E-state index in [4.69, 9.17) is 0 Å². The standard InChI is InChI=1S/C20H18N2O/c1-14-3-6-16(7-4-14)17-8-10-18(11-9-17)20(23)22-19-12-5-15(2)21-13-19/h3-13H,1-2H3,(H,22,23). The number of carbonyl (C=O) groups is 1. The minimum absolute atomic E-state index is 0.133. The van der Waals surface area contributed by atoms with Crippen molar-refractivity contribution in [2.45, 2.75) is 13.8 Å². The van der Waals surface area contributed by atoms with Crippen molar-refractivity contribution in [1.29, 1.82) is 0 Å². The lowest BCUT2D eigenvalue weighted by atomic mass is 10.0. The monoisotopic (exact) mass is 302 g/mol. The highest BCUT2D eigenvalue weighted by Crippen LogP contribution is 2.20. The lowest BCUT2D eigenvalue weighted by Gasteiger charge is -2.07. The number of nitrogens with zero attached hydrogens (tertiary/aromatic N) is 1. The van der Waals surface area contributed by atoms with Gasteiger partial charge in [0.05, 0.1) is 11.9 Å². The van der Waals surface area contributed by atoms with E-state index in [-0.39, 0.29) is 5.91 Å². The number of nitrogens with one attached hydrogen (secondary N) is 1. The number of anilines is 1. The van der Waals surface area contributed by atoms with Crippen molar-refractivity contribution in [3.05, 3.63) is 83.7 Å². The molecule has 3 rings (SSSR count). The van der Waals surface area contributed by atoms with Crippen molar-refractivity contribution in [1.82, 2.24) is 4.98 Å². The molecule has 3 heteroatoms. The molecule has 3 aromatic rings. The molecule has 0 aliphatic heterocycles. The van der Waals surface area contributed by atoms with E-state index in [0.29, 0.717) is 11.3 Å². The van der Waals surface area contributed by atoms with Gasteiger partial charge in [-0.25, -0.2) is 0 Å². The Hall–Kier alpha value is -2.94. The van der Waals surface area contributed by atoms with E-state index in [9.17, 15) is 4.79 Å². The summed E-state index contributed by atoms with van der Waals surface area (Å²) < 4.78 is 0. The van der Waals surface area contributed by atoms with Gasteiger partial charge >= 0.3 is 0 Å². The number of amides is 1. The highest BCUT2D eigenvalue weighted by Gasteiger charge is 2.06. The minimum Gasteiger partial charge on any atom is -0.321 e. The zero-order chi connectivity index (χ0) is 16.2. The maximum absolute atomic E-state index is 12.3. The average molecular weight is 302 g/mol. The summed E-state index contributed by atoms with van der Waals surface area (Å²) in [6.07, 6.45) is 1.66. The van der Waals surface area contributed by atoms with Crippen molar-refractivity contribution >= 4 is 11.6 Å². The Kier molecular flexibility index (Phi) is 4.20. The lowest BCUT2D eigenvalue weighted by Crippen LogP contribution is -2.11. The Bertz CT molecular complexity index is 804. The van der Waals surface area contributed by atoms with E-state index in [1.54, 1.807) is 6.20 Å². The van der Waals surface area contributed by atoms with Crippen molar-refractivity contribution in [2.24, 2.45) is 0 Å². The predicted molar refractivity (Wildman–Crippen MR) is 93.5 cm³/mol. The molecule has 0 bridgehead atoms. The first-order valence-electron chi connectivity index (χ1n) is 7.53. The molecule has 0 radical (unpaired) electrons. The predicted octanol–water partition coefficient (Wildman–Crippen LogP) is 4.62. The maximum Gasteiger partial charge on any atom is 0.255 e. The van der Waals surface area contributed by atoms with Crippen LogP contribution in [0.5, 0.6) is 0 Å². The van der Waals surface area contributed by atoms with Crippen molar-refractivity contribution in [3.63, 3.8) is 0 Å². The normalized spacial score (nSPS) is 10.3. The average Bonchev–Trinajstić information content (AvgIpc) is 2.58. The highest BCUT2D eigenvalue weighted by molar-refractivity contribution is 6.04. The summed E-state index contributed by atoms with van der Waals surface area (Å²) in [5, 5.41) is 2.85. The molecule has 0 aliphatic rings. The van der Waals surface area contributed by atoms with Crippen LogP contribution < -0.4 is 5.32 Å². The van der Waals surface area contributed by atoms with Gasteiger partial charge in [-0.3, -0.25) is 9.78 Å². The van der Waals surface area contributed by atoms with Gasteiger partial charge < -0.3 is 5.32 Å². The van der Waals surface area contributed by atoms with E-state index in [2.05, 4.69) is 41.5 Å². The topological polar surface area (TPSA) is 42.0 Å². The molecule has 0 saturated carbocycles. The third-order valence-corrected chi connectivity index (χ3v) is 3.70. The molecule has 0 unspecified atom stereocenters. The molecule has 0 spiro atoms. The number of aromatic nitrogens is 1. The summed E-state index contributed by atoms with van der Waals surface area (Å²) in [5.74, 6) is -0.133. The summed E-state index contributed by atoms with van der Waals surface area (Å²) in [4.78, 5) is 16.4. The molecule has 0 fully saturated rings. The second kappa shape index (κ2) is 6.44. The molecule has 114 valence electrons. The van der Waals surface area contributed by atoms with E-state index in [1.165, 1.54) is 5.56 Å². The van der Waals surface area contributed by atoms with Crippen LogP contribution in [-0.4, -0.2) is 10.9 Å². The Morgan fingerprint density at radius 3 is 2.00 bits per heavy atom. The Balaban J connectivity index is 1.74. The Morgan fingerprint density at radius 1 is 0.826 bits per heavy atom. The number of rotatable bonds is 3. The molecule has 23 heavy (non-hydrogen) atoms. The van der Waals surface area contributed by atoms with Gasteiger partial charge in [0.1, 0.15) is 0 Å². The van der Waals surface area contributed by atoms with Crippen molar-refractivity contribution in [3.8, 4) is 11.1 Å².